The molecule has 1 aliphatic rings. The van der Waals surface area contributed by atoms with Gasteiger partial charge in [-0.05, 0) is 30.5 Å². The second-order valence-corrected chi connectivity index (χ2v) is 3.44. The largest absolute Gasteiger partial charge is 0.416 e. The van der Waals surface area contributed by atoms with Crippen molar-refractivity contribution in [3.63, 3.8) is 0 Å². The number of ether oxygens (including phenoxy) is 1. The molecule has 1 fully saturated rings. The fourth-order valence-electron chi connectivity index (χ4n) is 1.61. The van der Waals surface area contributed by atoms with Crippen LogP contribution in [0.4, 0.5) is 13.2 Å². The SMILES string of the molecule is FC(F)(F)c1cccc(C2[CH]CCO2)c1. The predicted octanol–water partition coefficient (Wildman–Crippen LogP) is 3.37. The van der Waals surface area contributed by atoms with Gasteiger partial charge in [0, 0.05) is 6.61 Å². The highest BCUT2D eigenvalue weighted by Gasteiger charge is 2.31. The third kappa shape index (κ3) is 2.31. The summed E-state index contributed by atoms with van der Waals surface area (Å²) in [4.78, 5) is 0. The summed E-state index contributed by atoms with van der Waals surface area (Å²) in [6.07, 6.45) is -1.89. The molecule has 0 N–H and O–H groups in total. The van der Waals surface area contributed by atoms with Gasteiger partial charge in [-0.25, -0.2) is 0 Å². The van der Waals surface area contributed by atoms with Gasteiger partial charge in [0.05, 0.1) is 11.7 Å². The Kier molecular flexibility index (Phi) is 2.69. The standard InChI is InChI=1S/C11H10F3O/c12-11(13,14)9-4-1-3-8(7-9)10-5-2-6-15-10/h1,3-5,7,10H,2,6H2. The van der Waals surface area contributed by atoms with E-state index in [0.29, 0.717) is 12.2 Å². The first-order valence-electron chi connectivity index (χ1n) is 4.69. The monoisotopic (exact) mass is 215 g/mol. The van der Waals surface area contributed by atoms with Crippen molar-refractivity contribution in [2.75, 3.05) is 6.61 Å². The van der Waals surface area contributed by atoms with Crippen molar-refractivity contribution in [1.29, 1.82) is 0 Å². The van der Waals surface area contributed by atoms with Gasteiger partial charge in [-0.2, -0.15) is 13.2 Å². The van der Waals surface area contributed by atoms with Gasteiger partial charge in [-0.1, -0.05) is 12.1 Å². The molecule has 0 aliphatic carbocycles. The van der Waals surface area contributed by atoms with Gasteiger partial charge >= 0.3 is 6.18 Å². The topological polar surface area (TPSA) is 9.23 Å². The lowest BCUT2D eigenvalue weighted by molar-refractivity contribution is -0.137. The number of hydrogen-bond acceptors (Lipinski definition) is 1. The van der Waals surface area contributed by atoms with Crippen LogP contribution < -0.4 is 0 Å². The number of benzene rings is 1. The molecule has 1 heterocycles. The molecule has 1 aromatic rings. The van der Waals surface area contributed by atoms with Gasteiger partial charge in [-0.3, -0.25) is 0 Å². The normalized spacial score (nSPS) is 21.9. The number of rotatable bonds is 1. The summed E-state index contributed by atoms with van der Waals surface area (Å²) in [5.41, 5.74) is -0.0498. The Morgan fingerprint density at radius 2 is 2.07 bits per heavy atom. The van der Waals surface area contributed by atoms with Gasteiger partial charge in [0.1, 0.15) is 0 Å². The van der Waals surface area contributed by atoms with E-state index in [1.165, 1.54) is 6.07 Å². The zero-order valence-corrected chi connectivity index (χ0v) is 7.92. The fraction of sp³-hybridized carbons (Fsp3) is 0.364. The molecule has 0 aromatic heterocycles. The predicted molar refractivity (Wildman–Crippen MR) is 49.1 cm³/mol. The van der Waals surface area contributed by atoms with Crippen LogP contribution in [0, 0.1) is 6.42 Å². The summed E-state index contributed by atoms with van der Waals surface area (Å²) in [5, 5.41) is 0. The Bertz CT molecular complexity index is 340. The molecule has 1 radical (unpaired) electrons. The Labute approximate surface area is 85.9 Å². The van der Waals surface area contributed by atoms with Gasteiger partial charge in [0.25, 0.3) is 0 Å². The van der Waals surface area contributed by atoms with E-state index in [0.717, 1.165) is 18.6 Å². The van der Waals surface area contributed by atoms with E-state index in [2.05, 4.69) is 0 Å². The van der Waals surface area contributed by atoms with Crippen molar-refractivity contribution in [3.05, 3.63) is 41.8 Å². The van der Waals surface area contributed by atoms with Crippen LogP contribution in [0.5, 0.6) is 0 Å². The minimum atomic E-state index is -4.28. The second-order valence-electron chi connectivity index (χ2n) is 3.44. The molecular weight excluding hydrogens is 205 g/mol. The van der Waals surface area contributed by atoms with Crippen LogP contribution in [-0.4, -0.2) is 6.61 Å². The molecule has 1 nitrogen and oxygen atoms in total. The average molecular weight is 215 g/mol. The lowest BCUT2D eigenvalue weighted by Crippen LogP contribution is -2.06. The molecule has 15 heavy (non-hydrogen) atoms. The summed E-state index contributed by atoms with van der Waals surface area (Å²) in [7, 11) is 0. The van der Waals surface area contributed by atoms with Crippen molar-refractivity contribution in [2.24, 2.45) is 0 Å². The molecule has 2 rings (SSSR count). The number of halogens is 3. The smallest absolute Gasteiger partial charge is 0.373 e. The Morgan fingerprint density at radius 1 is 1.27 bits per heavy atom. The minimum absolute atomic E-state index is 0.285. The van der Waals surface area contributed by atoms with Gasteiger partial charge < -0.3 is 4.74 Å². The van der Waals surface area contributed by atoms with Gasteiger partial charge in [0.15, 0.2) is 0 Å². The lowest BCUT2D eigenvalue weighted by atomic mass is 10.0. The summed E-state index contributed by atoms with van der Waals surface area (Å²) >= 11 is 0. The fourth-order valence-corrected chi connectivity index (χ4v) is 1.61. The molecule has 1 atom stereocenters. The van der Waals surface area contributed by atoms with E-state index >= 15 is 0 Å². The van der Waals surface area contributed by atoms with Crippen molar-refractivity contribution < 1.29 is 17.9 Å². The third-order valence-electron chi connectivity index (χ3n) is 2.34. The van der Waals surface area contributed by atoms with Crippen molar-refractivity contribution >= 4 is 0 Å². The number of hydrogen-bond donors (Lipinski definition) is 0. The maximum atomic E-state index is 12.4. The summed E-state index contributed by atoms with van der Waals surface area (Å²) in [6, 6.07) is 5.28. The van der Waals surface area contributed by atoms with Crippen LogP contribution >= 0.6 is 0 Å². The summed E-state index contributed by atoms with van der Waals surface area (Å²) in [6.45, 7) is 0.584. The second kappa shape index (κ2) is 3.85. The maximum Gasteiger partial charge on any atom is 0.416 e. The minimum Gasteiger partial charge on any atom is -0.373 e. The Morgan fingerprint density at radius 3 is 2.67 bits per heavy atom. The van der Waals surface area contributed by atoms with Gasteiger partial charge in [0.2, 0.25) is 0 Å². The highest BCUT2D eigenvalue weighted by Crippen LogP contribution is 2.33. The van der Waals surface area contributed by atoms with Crippen LogP contribution in [0.3, 0.4) is 0 Å². The first-order chi connectivity index (χ1) is 7.07. The third-order valence-corrected chi connectivity index (χ3v) is 2.34. The summed E-state index contributed by atoms with van der Waals surface area (Å²) < 4.78 is 42.5. The van der Waals surface area contributed by atoms with Crippen molar-refractivity contribution in [2.45, 2.75) is 18.7 Å². The van der Waals surface area contributed by atoms with E-state index < -0.39 is 11.7 Å². The highest BCUT2D eigenvalue weighted by molar-refractivity contribution is 5.29. The van der Waals surface area contributed by atoms with E-state index in [9.17, 15) is 13.2 Å². The molecular formula is C11H10F3O. The molecule has 0 amide bonds. The molecule has 1 aromatic carbocycles. The lowest BCUT2D eigenvalue weighted by Gasteiger charge is -2.12. The molecule has 81 valence electrons. The highest BCUT2D eigenvalue weighted by atomic mass is 19.4. The Hall–Kier alpha value is -1.03. The molecule has 1 saturated heterocycles. The maximum absolute atomic E-state index is 12.4. The first kappa shape index (κ1) is 10.5. The van der Waals surface area contributed by atoms with Crippen LogP contribution in [0.15, 0.2) is 24.3 Å². The molecule has 0 spiro atoms. The van der Waals surface area contributed by atoms with E-state index in [1.54, 1.807) is 6.07 Å². The number of alkyl halides is 3. The van der Waals surface area contributed by atoms with Crippen molar-refractivity contribution in [3.8, 4) is 0 Å². The molecule has 1 unspecified atom stereocenters. The molecule has 1 aliphatic heterocycles. The summed E-state index contributed by atoms with van der Waals surface area (Å²) in [5.74, 6) is 0. The first-order valence-corrected chi connectivity index (χ1v) is 4.69. The average Bonchev–Trinajstić information content (AvgIpc) is 2.69. The Balaban J connectivity index is 2.26. The van der Waals surface area contributed by atoms with Crippen LogP contribution in [-0.2, 0) is 10.9 Å². The zero-order valence-electron chi connectivity index (χ0n) is 7.92. The van der Waals surface area contributed by atoms with Crippen LogP contribution in [0.2, 0.25) is 0 Å². The molecule has 0 saturated carbocycles. The molecule has 4 heteroatoms. The van der Waals surface area contributed by atoms with E-state index in [4.69, 9.17) is 4.74 Å². The van der Waals surface area contributed by atoms with Crippen LogP contribution in [0.25, 0.3) is 0 Å². The van der Waals surface area contributed by atoms with Crippen LogP contribution in [0.1, 0.15) is 23.7 Å². The zero-order chi connectivity index (χ0) is 10.9. The quantitative estimate of drug-likeness (QED) is 0.697. The van der Waals surface area contributed by atoms with Crippen molar-refractivity contribution in [1.82, 2.24) is 0 Å². The molecule has 0 bridgehead atoms. The van der Waals surface area contributed by atoms with E-state index in [-0.39, 0.29) is 6.10 Å². The van der Waals surface area contributed by atoms with E-state index in [1.807, 2.05) is 6.42 Å². The van der Waals surface area contributed by atoms with Gasteiger partial charge in [-0.15, -0.1) is 0 Å².